The number of aliphatic hydroxyl groups is 8. The first-order valence-electron chi connectivity index (χ1n) is 11.3. The third-order valence-electron chi connectivity index (χ3n) is 7.01. The molecular formula is C19H42Cl4N4O12. The van der Waals surface area contributed by atoms with Gasteiger partial charge in [0.1, 0.15) is 54.4 Å². The summed E-state index contributed by atoms with van der Waals surface area (Å²) in [5.41, 5.74) is 21.6. The summed E-state index contributed by atoms with van der Waals surface area (Å²) in [7, 11) is 0. The van der Waals surface area contributed by atoms with Crippen molar-refractivity contribution in [2.24, 2.45) is 22.9 Å². The van der Waals surface area contributed by atoms with E-state index in [9.17, 15) is 40.9 Å². The predicted octanol–water partition coefficient (Wildman–Crippen LogP) is -6.24. The molecule has 0 aromatic rings. The molecule has 0 radical (unpaired) electrons. The van der Waals surface area contributed by atoms with Gasteiger partial charge in [-0.05, 0) is 6.42 Å². The molecule has 0 bridgehead atoms. The zero-order valence-corrected chi connectivity index (χ0v) is 23.8. The molecule has 2 saturated heterocycles. The van der Waals surface area contributed by atoms with Crippen molar-refractivity contribution < 1.29 is 59.8 Å². The molecule has 3 fully saturated rings. The fourth-order valence-electron chi connectivity index (χ4n) is 4.63. The molecule has 0 aromatic carbocycles. The maximum atomic E-state index is 10.8. The first-order valence-corrected chi connectivity index (χ1v) is 11.3. The van der Waals surface area contributed by atoms with E-state index in [2.05, 4.69) is 0 Å². The van der Waals surface area contributed by atoms with Gasteiger partial charge in [0.05, 0.1) is 25.4 Å². The van der Waals surface area contributed by atoms with Gasteiger partial charge >= 0.3 is 0 Å². The molecular weight excluding hydrogens is 618 g/mol. The van der Waals surface area contributed by atoms with Crippen LogP contribution in [0, 0.1) is 0 Å². The molecule has 16 N–H and O–H groups in total. The second kappa shape index (κ2) is 17.0. The monoisotopic (exact) mass is 658 g/mol. The average molecular weight is 660 g/mol. The third-order valence-corrected chi connectivity index (χ3v) is 7.01. The van der Waals surface area contributed by atoms with Gasteiger partial charge in [-0.25, -0.2) is 0 Å². The fraction of sp³-hybridized carbons (Fsp3) is 1.00. The first kappa shape index (κ1) is 41.7. The average Bonchev–Trinajstić information content (AvgIpc) is 2.84. The van der Waals surface area contributed by atoms with E-state index >= 15 is 0 Å². The summed E-state index contributed by atoms with van der Waals surface area (Å²) >= 11 is 0. The van der Waals surface area contributed by atoms with Crippen LogP contribution in [0.15, 0.2) is 0 Å². The van der Waals surface area contributed by atoms with Crippen LogP contribution in [0.1, 0.15) is 6.42 Å². The second-order valence-corrected chi connectivity index (χ2v) is 9.39. The highest BCUT2D eigenvalue weighted by Gasteiger charge is 2.56. The number of hydrogen-bond donors (Lipinski definition) is 12. The summed E-state index contributed by atoms with van der Waals surface area (Å²) < 4.78 is 22.6. The van der Waals surface area contributed by atoms with Crippen LogP contribution in [0.3, 0.4) is 0 Å². The highest BCUT2D eigenvalue weighted by molar-refractivity contribution is 5.86. The number of nitrogens with two attached hydrogens (primary N) is 4. The summed E-state index contributed by atoms with van der Waals surface area (Å²) in [5.74, 6) is 0. The summed E-state index contributed by atoms with van der Waals surface area (Å²) in [6.07, 6.45) is -16.6. The predicted molar refractivity (Wildman–Crippen MR) is 143 cm³/mol. The Bertz CT molecular complexity index is 709. The lowest BCUT2D eigenvalue weighted by Crippen LogP contribution is -2.71. The number of rotatable bonds is 7. The first-order chi connectivity index (χ1) is 16.4. The van der Waals surface area contributed by atoms with Crippen molar-refractivity contribution in [3.05, 3.63) is 0 Å². The molecule has 0 amide bonds. The number of halogens is 4. The van der Waals surface area contributed by atoms with Gasteiger partial charge in [-0.3, -0.25) is 0 Å². The molecule has 3 aliphatic rings. The van der Waals surface area contributed by atoms with Crippen molar-refractivity contribution in [3.8, 4) is 0 Å². The lowest BCUT2D eigenvalue weighted by molar-refractivity contribution is -0.369. The normalized spacial score (nSPS) is 45.5. The topological polar surface area (TPSA) is 303 Å². The van der Waals surface area contributed by atoms with Crippen molar-refractivity contribution in [1.29, 1.82) is 0 Å². The highest BCUT2D eigenvalue weighted by Crippen LogP contribution is 2.34. The molecule has 0 unspecified atom stereocenters. The lowest BCUT2D eigenvalue weighted by Gasteiger charge is -2.50. The molecule has 39 heavy (non-hydrogen) atoms. The zero-order valence-electron chi connectivity index (χ0n) is 20.6. The summed E-state index contributed by atoms with van der Waals surface area (Å²) in [6.45, 7) is -2.04. The van der Waals surface area contributed by atoms with Gasteiger partial charge in [0.15, 0.2) is 12.6 Å². The van der Waals surface area contributed by atoms with Gasteiger partial charge in [-0.15, -0.1) is 49.6 Å². The standard InChI is InChI=1S/C19H38N4O12.4ClH/c20-2-7-10(27)11(28)8(23)17(32-7)33-14-6(22)1-5(21)9(26)15(14)34-18-13(30)12(29)16(31)19(3-24,4-25)35-18;;;;/h5-18,24-31H,1-4,20-23H2;4*1H/t5-,6-,7+,8+,9-,10-,11-,12-,13+,14-,15-,16+,17-,18-;;;;/m1..../s1. The molecule has 20 heteroatoms. The van der Waals surface area contributed by atoms with Crippen LogP contribution in [0.2, 0.25) is 0 Å². The summed E-state index contributed by atoms with van der Waals surface area (Å²) in [4.78, 5) is 0. The van der Waals surface area contributed by atoms with Crippen LogP contribution in [-0.2, 0) is 18.9 Å². The van der Waals surface area contributed by atoms with Crippen LogP contribution >= 0.6 is 49.6 Å². The molecule has 238 valence electrons. The Labute approximate surface area is 249 Å². The van der Waals surface area contributed by atoms with E-state index in [1.54, 1.807) is 0 Å². The molecule has 0 aromatic heterocycles. The largest absolute Gasteiger partial charge is 0.393 e. The Morgan fingerprint density at radius 2 is 1.23 bits per heavy atom. The molecule has 14 atom stereocenters. The van der Waals surface area contributed by atoms with E-state index in [1.807, 2.05) is 0 Å². The summed E-state index contributed by atoms with van der Waals surface area (Å²) in [6, 6.07) is -3.03. The van der Waals surface area contributed by atoms with E-state index in [1.165, 1.54) is 0 Å². The molecule has 0 spiro atoms. The van der Waals surface area contributed by atoms with Gasteiger partial charge in [-0.1, -0.05) is 0 Å². The lowest BCUT2D eigenvalue weighted by atomic mass is 9.84. The van der Waals surface area contributed by atoms with Gasteiger partial charge in [0, 0.05) is 18.6 Å². The Morgan fingerprint density at radius 3 is 1.74 bits per heavy atom. The molecule has 3 rings (SSSR count). The quantitative estimate of drug-likeness (QED) is 0.121. The molecule has 16 nitrogen and oxygen atoms in total. The number of aliphatic hydroxyl groups excluding tert-OH is 8. The summed E-state index contributed by atoms with van der Waals surface area (Å²) in [5, 5.41) is 81.4. The Balaban J connectivity index is 0. The Kier molecular flexibility index (Phi) is 18.1. The maximum Gasteiger partial charge on any atom is 0.187 e. The number of ether oxygens (including phenoxy) is 4. The van der Waals surface area contributed by atoms with Crippen LogP contribution in [0.25, 0.3) is 0 Å². The van der Waals surface area contributed by atoms with Crippen molar-refractivity contribution >= 4 is 49.6 Å². The molecule has 2 aliphatic heterocycles. The van der Waals surface area contributed by atoms with Crippen LogP contribution in [-0.4, -0.2) is 152 Å². The van der Waals surface area contributed by atoms with E-state index < -0.39 is 104 Å². The van der Waals surface area contributed by atoms with E-state index in [4.69, 9.17) is 41.9 Å². The molecule has 1 saturated carbocycles. The SMILES string of the molecule is Cl.Cl.Cl.Cl.NC[C@@H]1O[C@H](O[C@H]2[C@H](O[C@@H]3OC(CO)(CO)[C@@H](O)[C@H](O)[C@@H]3O)[C@H](O)[C@H](N)C[C@H]2N)[C@@H](N)[C@@H](O)[C@@H]1O. The van der Waals surface area contributed by atoms with Gasteiger partial charge < -0.3 is 82.7 Å². The van der Waals surface area contributed by atoms with E-state index in [-0.39, 0.29) is 62.6 Å². The van der Waals surface area contributed by atoms with Crippen molar-refractivity contribution in [2.45, 2.75) is 97.7 Å². The van der Waals surface area contributed by atoms with Gasteiger partial charge in [0.2, 0.25) is 0 Å². The second-order valence-electron chi connectivity index (χ2n) is 9.39. The van der Waals surface area contributed by atoms with Gasteiger partial charge in [-0.2, -0.15) is 0 Å². The van der Waals surface area contributed by atoms with Gasteiger partial charge in [0.25, 0.3) is 0 Å². The van der Waals surface area contributed by atoms with Crippen molar-refractivity contribution in [2.75, 3.05) is 19.8 Å². The molecule has 2 heterocycles. The fourth-order valence-corrected chi connectivity index (χ4v) is 4.63. The number of hydrogen-bond acceptors (Lipinski definition) is 16. The Hall–Kier alpha value is 0.520. The smallest absolute Gasteiger partial charge is 0.187 e. The minimum absolute atomic E-state index is 0. The van der Waals surface area contributed by atoms with Crippen molar-refractivity contribution in [1.82, 2.24) is 0 Å². The zero-order chi connectivity index (χ0) is 26.2. The van der Waals surface area contributed by atoms with Crippen LogP contribution in [0.5, 0.6) is 0 Å². The maximum absolute atomic E-state index is 10.8. The van der Waals surface area contributed by atoms with E-state index in [0.717, 1.165) is 0 Å². The van der Waals surface area contributed by atoms with E-state index in [0.29, 0.717) is 0 Å². The van der Waals surface area contributed by atoms with Crippen LogP contribution in [0.4, 0.5) is 0 Å². The van der Waals surface area contributed by atoms with Crippen LogP contribution < -0.4 is 22.9 Å². The molecule has 1 aliphatic carbocycles. The minimum atomic E-state index is -2.09. The highest BCUT2D eigenvalue weighted by atomic mass is 35.5. The third kappa shape index (κ3) is 8.12. The Morgan fingerprint density at radius 1 is 0.692 bits per heavy atom. The van der Waals surface area contributed by atoms with Crippen molar-refractivity contribution in [3.63, 3.8) is 0 Å². The minimum Gasteiger partial charge on any atom is -0.393 e.